The Morgan fingerprint density at radius 1 is 1.04 bits per heavy atom. The van der Waals surface area contributed by atoms with Gasteiger partial charge < -0.3 is 14.2 Å². The highest BCUT2D eigenvalue weighted by Crippen LogP contribution is 2.16. The van der Waals surface area contributed by atoms with Gasteiger partial charge in [-0.1, -0.05) is 0 Å². The first-order chi connectivity index (χ1) is 10.9. The van der Waals surface area contributed by atoms with Gasteiger partial charge in [0.05, 0.1) is 25.2 Å². The summed E-state index contributed by atoms with van der Waals surface area (Å²) < 4.78 is 40.9. The number of rotatable bonds is 8. The molecule has 128 valence electrons. The number of hydrogen-bond donors (Lipinski definition) is 1. The molecule has 0 radical (unpaired) electrons. The maximum Gasteiger partial charge on any atom is 0.335 e. The van der Waals surface area contributed by atoms with E-state index in [4.69, 9.17) is 14.2 Å². The van der Waals surface area contributed by atoms with E-state index in [0.29, 0.717) is 5.75 Å². The van der Waals surface area contributed by atoms with Crippen LogP contribution >= 0.6 is 0 Å². The largest absolute Gasteiger partial charge is 0.497 e. The molecule has 0 unspecified atom stereocenters. The first kappa shape index (κ1) is 18.9. The van der Waals surface area contributed by atoms with E-state index in [1.165, 1.54) is 45.2 Å². The van der Waals surface area contributed by atoms with Crippen molar-refractivity contribution < 1.29 is 32.2 Å². The summed E-state index contributed by atoms with van der Waals surface area (Å²) in [5.74, 6) is -1.58. The zero-order chi connectivity index (χ0) is 17.5. The van der Waals surface area contributed by atoms with Gasteiger partial charge in [0, 0.05) is 0 Å². The summed E-state index contributed by atoms with van der Waals surface area (Å²) in [6, 6.07) is 3.70. The fourth-order valence-electron chi connectivity index (χ4n) is 1.62. The van der Waals surface area contributed by atoms with Crippen molar-refractivity contribution in [3.8, 4) is 5.75 Å². The Bertz CT molecular complexity index is 622. The number of carbonyl (C=O) groups excluding carboxylic acids is 2. The number of hydrogen-bond acceptors (Lipinski definition) is 7. The highest BCUT2D eigenvalue weighted by Gasteiger charge is 2.34. The first-order valence-electron chi connectivity index (χ1n) is 6.85. The summed E-state index contributed by atoms with van der Waals surface area (Å²) in [5.41, 5.74) is 0. The van der Waals surface area contributed by atoms with Crippen LogP contribution in [-0.4, -0.2) is 46.7 Å². The van der Waals surface area contributed by atoms with E-state index < -0.39 is 28.0 Å². The minimum absolute atomic E-state index is 0.000990. The van der Waals surface area contributed by atoms with Crippen LogP contribution in [0.3, 0.4) is 0 Å². The third kappa shape index (κ3) is 5.22. The summed E-state index contributed by atoms with van der Waals surface area (Å²) in [6.07, 6.45) is 0. The fraction of sp³-hybridized carbons (Fsp3) is 0.429. The maximum absolute atomic E-state index is 12.3. The van der Waals surface area contributed by atoms with Gasteiger partial charge in [-0.3, -0.25) is 0 Å². The Balaban J connectivity index is 3.03. The third-order valence-corrected chi connectivity index (χ3v) is 4.13. The molecule has 0 fully saturated rings. The molecule has 1 aromatic carbocycles. The standard InChI is InChI=1S/C14H19NO7S/c1-4-21-13(16)12(14(17)22-5-2)15-23(18,19)11-8-6-10(20-3)7-9-11/h6-9,12,15H,4-5H2,1-3H3. The summed E-state index contributed by atoms with van der Waals surface area (Å²) in [7, 11) is -2.67. The van der Waals surface area contributed by atoms with Crippen molar-refractivity contribution in [1.82, 2.24) is 4.72 Å². The number of sulfonamides is 1. The SMILES string of the molecule is CCOC(=O)C(NS(=O)(=O)c1ccc(OC)cc1)C(=O)OCC. The summed E-state index contributed by atoms with van der Waals surface area (Å²) in [4.78, 5) is 23.5. The molecule has 0 heterocycles. The zero-order valence-electron chi connectivity index (χ0n) is 13.1. The quantitative estimate of drug-likeness (QED) is 0.539. The van der Waals surface area contributed by atoms with Gasteiger partial charge in [0.25, 0.3) is 0 Å². The highest BCUT2D eigenvalue weighted by molar-refractivity contribution is 7.89. The molecular weight excluding hydrogens is 326 g/mol. The molecule has 0 aromatic heterocycles. The Morgan fingerprint density at radius 3 is 1.91 bits per heavy atom. The third-order valence-electron chi connectivity index (χ3n) is 2.69. The molecule has 0 saturated heterocycles. The Morgan fingerprint density at radius 2 is 1.52 bits per heavy atom. The van der Waals surface area contributed by atoms with Gasteiger partial charge in [0.2, 0.25) is 16.1 Å². The summed E-state index contributed by atoms with van der Waals surface area (Å²) in [6.45, 7) is 3.08. The van der Waals surface area contributed by atoms with Crippen LogP contribution in [-0.2, 0) is 29.1 Å². The fourth-order valence-corrected chi connectivity index (χ4v) is 2.75. The summed E-state index contributed by atoms with van der Waals surface area (Å²) >= 11 is 0. The van der Waals surface area contributed by atoms with E-state index in [1.807, 2.05) is 4.72 Å². The van der Waals surface area contributed by atoms with Crippen molar-refractivity contribution in [2.75, 3.05) is 20.3 Å². The zero-order valence-corrected chi connectivity index (χ0v) is 13.9. The number of nitrogens with one attached hydrogen (secondary N) is 1. The first-order valence-corrected chi connectivity index (χ1v) is 8.33. The lowest BCUT2D eigenvalue weighted by molar-refractivity contribution is -0.157. The van der Waals surface area contributed by atoms with Crippen LogP contribution < -0.4 is 9.46 Å². The van der Waals surface area contributed by atoms with Gasteiger partial charge in [0.15, 0.2) is 0 Å². The predicted octanol–water partition coefficient (Wildman–Crippen LogP) is 0.468. The molecule has 1 aromatic rings. The van der Waals surface area contributed by atoms with Gasteiger partial charge in [-0.05, 0) is 38.1 Å². The van der Waals surface area contributed by atoms with Gasteiger partial charge in [0.1, 0.15) is 5.75 Å². The number of esters is 2. The van der Waals surface area contributed by atoms with E-state index in [0.717, 1.165) is 0 Å². The number of carbonyl (C=O) groups is 2. The minimum atomic E-state index is -4.12. The van der Waals surface area contributed by atoms with E-state index in [-0.39, 0.29) is 18.1 Å². The Kier molecular flexibility index (Phi) is 6.98. The molecule has 1 rings (SSSR count). The maximum atomic E-state index is 12.3. The van der Waals surface area contributed by atoms with Crippen LogP contribution in [0.4, 0.5) is 0 Å². The second kappa shape index (κ2) is 8.49. The summed E-state index contributed by atoms with van der Waals surface area (Å²) in [5, 5.41) is 0. The van der Waals surface area contributed by atoms with Crippen LogP contribution in [0.5, 0.6) is 5.75 Å². The van der Waals surface area contributed by atoms with Crippen molar-refractivity contribution in [2.45, 2.75) is 24.8 Å². The molecule has 9 heteroatoms. The molecular formula is C14H19NO7S. The predicted molar refractivity (Wildman–Crippen MR) is 80.4 cm³/mol. The van der Waals surface area contributed by atoms with Gasteiger partial charge >= 0.3 is 11.9 Å². The van der Waals surface area contributed by atoms with E-state index in [2.05, 4.69) is 0 Å². The van der Waals surface area contributed by atoms with Crippen molar-refractivity contribution in [3.63, 3.8) is 0 Å². The second-order valence-corrected chi connectivity index (χ2v) is 5.95. The molecule has 1 N–H and O–H groups in total. The van der Waals surface area contributed by atoms with Crippen LogP contribution in [0.2, 0.25) is 0 Å². The van der Waals surface area contributed by atoms with Crippen molar-refractivity contribution in [3.05, 3.63) is 24.3 Å². The lowest BCUT2D eigenvalue weighted by Crippen LogP contribution is -2.48. The van der Waals surface area contributed by atoms with Gasteiger partial charge in [-0.2, -0.15) is 4.72 Å². The molecule has 8 nitrogen and oxygen atoms in total. The molecule has 0 aliphatic carbocycles. The number of benzene rings is 1. The smallest absolute Gasteiger partial charge is 0.335 e. The minimum Gasteiger partial charge on any atom is -0.497 e. The molecule has 0 spiro atoms. The number of ether oxygens (including phenoxy) is 3. The van der Waals surface area contributed by atoms with Gasteiger partial charge in [-0.15, -0.1) is 0 Å². The van der Waals surface area contributed by atoms with Crippen molar-refractivity contribution in [1.29, 1.82) is 0 Å². The topological polar surface area (TPSA) is 108 Å². The van der Waals surface area contributed by atoms with E-state index in [1.54, 1.807) is 0 Å². The highest BCUT2D eigenvalue weighted by atomic mass is 32.2. The normalized spacial score (nSPS) is 11.1. The molecule has 23 heavy (non-hydrogen) atoms. The Labute approximate surface area is 134 Å². The number of methoxy groups -OCH3 is 1. The average Bonchev–Trinajstić information content (AvgIpc) is 2.53. The average molecular weight is 345 g/mol. The molecule has 0 saturated carbocycles. The van der Waals surface area contributed by atoms with Crippen molar-refractivity contribution >= 4 is 22.0 Å². The monoisotopic (exact) mass is 345 g/mol. The van der Waals surface area contributed by atoms with Crippen LogP contribution in [0, 0.1) is 0 Å². The molecule has 0 aliphatic rings. The molecule has 0 aliphatic heterocycles. The van der Waals surface area contributed by atoms with E-state index in [9.17, 15) is 18.0 Å². The molecule has 0 bridgehead atoms. The van der Waals surface area contributed by atoms with Gasteiger partial charge in [-0.25, -0.2) is 18.0 Å². The lowest BCUT2D eigenvalue weighted by atomic mass is 10.3. The second-order valence-electron chi connectivity index (χ2n) is 4.23. The Hall–Kier alpha value is -2.13. The van der Waals surface area contributed by atoms with E-state index >= 15 is 0 Å². The van der Waals surface area contributed by atoms with Crippen LogP contribution in [0.25, 0.3) is 0 Å². The van der Waals surface area contributed by atoms with Crippen molar-refractivity contribution in [2.24, 2.45) is 0 Å². The molecule has 0 atom stereocenters. The van der Waals surface area contributed by atoms with Crippen LogP contribution in [0.1, 0.15) is 13.8 Å². The molecule has 0 amide bonds. The lowest BCUT2D eigenvalue weighted by Gasteiger charge is -2.16. The van der Waals surface area contributed by atoms with Crippen LogP contribution in [0.15, 0.2) is 29.2 Å².